The van der Waals surface area contributed by atoms with Crippen molar-refractivity contribution in [3.8, 4) is 0 Å². The van der Waals surface area contributed by atoms with Crippen molar-refractivity contribution in [2.75, 3.05) is 0 Å². The van der Waals surface area contributed by atoms with Gasteiger partial charge in [-0.05, 0) is 38.4 Å². The molecule has 116 valence electrons. The summed E-state index contributed by atoms with van der Waals surface area (Å²) in [6.07, 6.45) is 3.23. The molecule has 2 rings (SSSR count). The van der Waals surface area contributed by atoms with E-state index in [1.807, 2.05) is 19.9 Å². The third kappa shape index (κ3) is 2.89. The van der Waals surface area contributed by atoms with Gasteiger partial charge in [0.1, 0.15) is 6.10 Å². The SMILES string of the molecule is C=C[C@@H]1C[C@H](O[Si](C)(C)C(C)(C)C)[C@H]2OC(C)(C)O[C@H]21. The molecular formula is C16H30O3Si. The van der Waals surface area contributed by atoms with Gasteiger partial charge in [-0.15, -0.1) is 6.58 Å². The molecule has 3 nitrogen and oxygen atoms in total. The van der Waals surface area contributed by atoms with Gasteiger partial charge >= 0.3 is 0 Å². The van der Waals surface area contributed by atoms with Crippen LogP contribution in [0.5, 0.6) is 0 Å². The largest absolute Gasteiger partial charge is 0.411 e. The van der Waals surface area contributed by atoms with Gasteiger partial charge in [-0.1, -0.05) is 26.8 Å². The Morgan fingerprint density at radius 1 is 1.20 bits per heavy atom. The predicted octanol–water partition coefficient (Wildman–Crippen LogP) is 4.10. The van der Waals surface area contributed by atoms with Gasteiger partial charge < -0.3 is 13.9 Å². The lowest BCUT2D eigenvalue weighted by molar-refractivity contribution is -0.163. The highest BCUT2D eigenvalue weighted by Gasteiger charge is 2.55. The molecule has 20 heavy (non-hydrogen) atoms. The lowest BCUT2D eigenvalue weighted by atomic mass is 10.1. The van der Waals surface area contributed by atoms with Gasteiger partial charge in [0.2, 0.25) is 0 Å². The van der Waals surface area contributed by atoms with E-state index in [0.29, 0.717) is 5.92 Å². The van der Waals surface area contributed by atoms with E-state index in [-0.39, 0.29) is 23.4 Å². The molecule has 1 heterocycles. The van der Waals surface area contributed by atoms with Crippen molar-refractivity contribution in [3.63, 3.8) is 0 Å². The second kappa shape index (κ2) is 4.94. The number of rotatable bonds is 3. The van der Waals surface area contributed by atoms with E-state index in [4.69, 9.17) is 13.9 Å². The van der Waals surface area contributed by atoms with Crippen molar-refractivity contribution in [2.24, 2.45) is 5.92 Å². The van der Waals surface area contributed by atoms with Crippen LogP contribution in [0, 0.1) is 5.92 Å². The zero-order valence-corrected chi connectivity index (χ0v) is 15.0. The normalized spacial score (nSPS) is 37.0. The molecule has 0 radical (unpaired) electrons. The van der Waals surface area contributed by atoms with Gasteiger partial charge in [0.15, 0.2) is 14.1 Å². The van der Waals surface area contributed by atoms with Gasteiger partial charge in [-0.3, -0.25) is 0 Å². The Labute approximate surface area is 124 Å². The topological polar surface area (TPSA) is 27.7 Å². The summed E-state index contributed by atoms with van der Waals surface area (Å²) >= 11 is 0. The van der Waals surface area contributed by atoms with E-state index in [0.717, 1.165) is 6.42 Å². The molecule has 0 aromatic carbocycles. The number of fused-ring (bicyclic) bond motifs is 1. The van der Waals surface area contributed by atoms with Crippen LogP contribution in [-0.4, -0.2) is 32.4 Å². The van der Waals surface area contributed by atoms with Crippen LogP contribution in [0.3, 0.4) is 0 Å². The van der Waals surface area contributed by atoms with Gasteiger partial charge in [0.25, 0.3) is 0 Å². The van der Waals surface area contributed by atoms with E-state index in [1.165, 1.54) is 0 Å². The monoisotopic (exact) mass is 298 g/mol. The Balaban J connectivity index is 2.16. The van der Waals surface area contributed by atoms with Gasteiger partial charge in [-0.2, -0.15) is 0 Å². The van der Waals surface area contributed by atoms with E-state index in [1.54, 1.807) is 0 Å². The molecule has 2 fully saturated rings. The summed E-state index contributed by atoms with van der Waals surface area (Å²) < 4.78 is 18.7. The van der Waals surface area contributed by atoms with Crippen LogP contribution >= 0.6 is 0 Å². The summed E-state index contributed by atoms with van der Waals surface area (Å²) in [6.45, 7) is 19.3. The summed E-state index contributed by atoms with van der Waals surface area (Å²) in [7, 11) is -1.79. The highest BCUT2D eigenvalue weighted by atomic mass is 28.4. The van der Waals surface area contributed by atoms with Crippen molar-refractivity contribution in [3.05, 3.63) is 12.7 Å². The first-order valence-electron chi connectivity index (χ1n) is 7.63. The van der Waals surface area contributed by atoms with Gasteiger partial charge in [0, 0.05) is 5.92 Å². The molecule has 1 aliphatic carbocycles. The third-order valence-corrected chi connectivity index (χ3v) is 9.52. The molecule has 0 spiro atoms. The van der Waals surface area contributed by atoms with Crippen LogP contribution in [-0.2, 0) is 13.9 Å². The fraction of sp³-hybridized carbons (Fsp3) is 0.875. The molecule has 1 aliphatic heterocycles. The van der Waals surface area contributed by atoms with Crippen LogP contribution < -0.4 is 0 Å². The van der Waals surface area contributed by atoms with Crippen LogP contribution in [0.15, 0.2) is 12.7 Å². The zero-order chi connectivity index (χ0) is 15.3. The highest BCUT2D eigenvalue weighted by Crippen LogP contribution is 2.46. The molecule has 0 amide bonds. The quantitative estimate of drug-likeness (QED) is 0.580. The molecule has 2 aliphatic rings. The Morgan fingerprint density at radius 3 is 2.25 bits per heavy atom. The third-order valence-electron chi connectivity index (χ3n) is 5.01. The molecular weight excluding hydrogens is 268 g/mol. The summed E-state index contributed by atoms with van der Waals surface area (Å²) in [5, 5.41) is 0.212. The second-order valence-electron chi connectivity index (χ2n) is 8.12. The molecule has 0 aromatic rings. The average molecular weight is 298 g/mol. The maximum atomic E-state index is 6.59. The van der Waals surface area contributed by atoms with Crippen molar-refractivity contribution < 1.29 is 13.9 Å². The van der Waals surface area contributed by atoms with E-state index in [9.17, 15) is 0 Å². The molecule has 0 aromatic heterocycles. The second-order valence-corrected chi connectivity index (χ2v) is 12.9. The minimum atomic E-state index is -1.79. The highest BCUT2D eigenvalue weighted by molar-refractivity contribution is 6.74. The fourth-order valence-corrected chi connectivity index (χ4v) is 4.21. The predicted molar refractivity (Wildman–Crippen MR) is 84.2 cm³/mol. The van der Waals surface area contributed by atoms with Crippen molar-refractivity contribution >= 4 is 8.32 Å². The summed E-state index contributed by atoms with van der Waals surface area (Å²) in [4.78, 5) is 0. The Kier molecular flexibility index (Phi) is 4.00. The van der Waals surface area contributed by atoms with Crippen LogP contribution in [0.25, 0.3) is 0 Å². The van der Waals surface area contributed by atoms with Gasteiger partial charge in [-0.25, -0.2) is 0 Å². The summed E-state index contributed by atoms with van der Waals surface area (Å²) in [6, 6.07) is 0. The first-order chi connectivity index (χ1) is 8.97. The van der Waals surface area contributed by atoms with Crippen LogP contribution in [0.1, 0.15) is 41.0 Å². The standard InChI is InChI=1S/C16H30O3Si/c1-9-11-10-12(19-20(7,8)15(2,3)4)14-13(11)17-16(5,6)18-14/h9,11-14H,1,10H2,2-8H3/t11-,12+,13+,14-/m1/s1. The Bertz CT molecular complexity index is 384. The van der Waals surface area contributed by atoms with E-state index < -0.39 is 14.1 Å². The van der Waals surface area contributed by atoms with Crippen LogP contribution in [0.2, 0.25) is 18.1 Å². The first-order valence-corrected chi connectivity index (χ1v) is 10.5. The summed E-state index contributed by atoms with van der Waals surface area (Å²) in [5.74, 6) is -0.178. The first kappa shape index (κ1) is 16.2. The number of ether oxygens (including phenoxy) is 2. The number of hydrogen-bond donors (Lipinski definition) is 0. The van der Waals surface area contributed by atoms with Crippen molar-refractivity contribution in [1.29, 1.82) is 0 Å². The molecule has 4 atom stereocenters. The van der Waals surface area contributed by atoms with E-state index in [2.05, 4.69) is 40.4 Å². The lowest BCUT2D eigenvalue weighted by Gasteiger charge is -2.39. The van der Waals surface area contributed by atoms with Gasteiger partial charge in [0.05, 0.1) is 12.2 Å². The molecule has 0 N–H and O–H groups in total. The van der Waals surface area contributed by atoms with Crippen LogP contribution in [0.4, 0.5) is 0 Å². The average Bonchev–Trinajstić information content (AvgIpc) is 2.71. The molecule has 0 unspecified atom stereocenters. The number of hydrogen-bond acceptors (Lipinski definition) is 3. The zero-order valence-electron chi connectivity index (χ0n) is 14.0. The van der Waals surface area contributed by atoms with E-state index >= 15 is 0 Å². The molecule has 1 saturated carbocycles. The lowest BCUT2D eigenvalue weighted by Crippen LogP contribution is -2.46. The molecule has 0 bridgehead atoms. The Hall–Kier alpha value is -0.163. The molecule has 1 saturated heterocycles. The molecule has 4 heteroatoms. The van der Waals surface area contributed by atoms with Crippen molar-refractivity contribution in [2.45, 2.75) is 83.3 Å². The minimum absolute atomic E-state index is 0.0436. The minimum Gasteiger partial charge on any atom is -0.411 e. The van der Waals surface area contributed by atoms with Crippen molar-refractivity contribution in [1.82, 2.24) is 0 Å². The maximum absolute atomic E-state index is 6.59. The Morgan fingerprint density at radius 2 is 1.75 bits per heavy atom. The smallest absolute Gasteiger partial charge is 0.192 e. The summed E-state index contributed by atoms with van der Waals surface area (Å²) in [5.41, 5.74) is 0. The fourth-order valence-electron chi connectivity index (χ4n) is 2.87. The maximum Gasteiger partial charge on any atom is 0.192 e.